The first-order valence-corrected chi connectivity index (χ1v) is 25.6. The number of hydrogen-bond donors (Lipinski definition) is 3. The first kappa shape index (κ1) is 57.4. The average Bonchev–Trinajstić information content (AvgIpc) is 3.23. The molecule has 10 heteroatoms. The summed E-state index contributed by atoms with van der Waals surface area (Å²) in [5, 5.41) is 18.4. The number of esters is 1. The Bertz CT molecular complexity index is 1060. The molecule has 0 radical (unpaired) electrons. The summed E-state index contributed by atoms with van der Waals surface area (Å²) in [6, 6.07) is 0. The first-order valence-electron chi connectivity index (χ1n) is 24.1. The number of rotatable bonds is 46. The number of phosphoric acid groups is 1. The van der Waals surface area contributed by atoms with Gasteiger partial charge in [-0.3, -0.25) is 13.8 Å². The Hall–Kier alpha value is -1.58. The maximum Gasteiger partial charge on any atom is 0.472 e. The van der Waals surface area contributed by atoms with Crippen LogP contribution in [0.1, 0.15) is 213 Å². The highest BCUT2D eigenvalue weighted by atomic mass is 31.2. The summed E-state index contributed by atoms with van der Waals surface area (Å²) in [4.78, 5) is 22.6. The quantitative estimate of drug-likeness (QED) is 0.0237. The van der Waals surface area contributed by atoms with Crippen molar-refractivity contribution in [1.29, 1.82) is 0 Å². The fraction of sp³-hybridized carbons (Fsp3) is 0.816. The SMILES string of the molecule is CCCC/C=C\C/C=C\CCCCCCCCOCC(COP(=O)(O)OCC(O)CO)OC(=O)CCCCCCCCCCCCC/C=C\C/C=C\CCCCCCC. The molecule has 0 aliphatic rings. The molecule has 3 atom stereocenters. The fourth-order valence-electron chi connectivity index (χ4n) is 6.52. The normalized spacial score (nSPS) is 14.3. The van der Waals surface area contributed by atoms with Crippen LogP contribution < -0.4 is 0 Å². The van der Waals surface area contributed by atoms with Crippen molar-refractivity contribution in [2.45, 2.75) is 225 Å². The molecule has 0 aromatic heterocycles. The van der Waals surface area contributed by atoms with Gasteiger partial charge in [-0.2, -0.15) is 0 Å². The summed E-state index contributed by atoms with van der Waals surface area (Å²) >= 11 is 0. The highest BCUT2D eigenvalue weighted by Crippen LogP contribution is 2.43. The maximum atomic E-state index is 12.7. The van der Waals surface area contributed by atoms with Gasteiger partial charge in [0.15, 0.2) is 0 Å². The van der Waals surface area contributed by atoms with Crippen molar-refractivity contribution in [1.82, 2.24) is 0 Å². The predicted octanol–water partition coefficient (Wildman–Crippen LogP) is 13.8. The topological polar surface area (TPSA) is 132 Å². The molecule has 0 aliphatic heterocycles. The van der Waals surface area contributed by atoms with E-state index >= 15 is 0 Å². The van der Waals surface area contributed by atoms with Crippen LogP contribution in [-0.2, 0) is 27.9 Å². The molecule has 346 valence electrons. The van der Waals surface area contributed by atoms with E-state index in [0.717, 1.165) is 57.8 Å². The number of allylic oxidation sites excluding steroid dienone is 8. The molecule has 0 bridgehead atoms. The number of carbonyl (C=O) groups is 1. The molecular formula is C49H91O9P. The molecular weight excluding hydrogens is 764 g/mol. The zero-order valence-corrected chi connectivity index (χ0v) is 38.9. The molecule has 0 aromatic rings. The Morgan fingerprint density at radius 2 is 0.932 bits per heavy atom. The number of aliphatic hydroxyl groups excluding tert-OH is 2. The Morgan fingerprint density at radius 1 is 0.525 bits per heavy atom. The van der Waals surface area contributed by atoms with E-state index in [1.165, 1.54) is 135 Å². The van der Waals surface area contributed by atoms with E-state index in [2.05, 4.69) is 62.5 Å². The number of aliphatic hydroxyl groups is 2. The van der Waals surface area contributed by atoms with E-state index < -0.39 is 33.2 Å². The molecule has 0 saturated heterocycles. The van der Waals surface area contributed by atoms with Crippen LogP contribution >= 0.6 is 7.82 Å². The number of carbonyl (C=O) groups excluding carboxylic acids is 1. The van der Waals surface area contributed by atoms with Crippen molar-refractivity contribution in [3.63, 3.8) is 0 Å². The van der Waals surface area contributed by atoms with E-state index in [4.69, 9.17) is 23.6 Å². The smallest absolute Gasteiger partial charge is 0.457 e. The zero-order valence-electron chi connectivity index (χ0n) is 38.0. The van der Waals surface area contributed by atoms with Gasteiger partial charge in [-0.1, -0.05) is 184 Å². The molecule has 3 unspecified atom stereocenters. The third-order valence-corrected chi connectivity index (χ3v) is 11.2. The molecule has 0 saturated carbocycles. The van der Waals surface area contributed by atoms with Crippen LogP contribution in [0.3, 0.4) is 0 Å². The van der Waals surface area contributed by atoms with Crippen LogP contribution in [0.25, 0.3) is 0 Å². The predicted molar refractivity (Wildman–Crippen MR) is 247 cm³/mol. The van der Waals surface area contributed by atoms with Gasteiger partial charge in [0.1, 0.15) is 12.2 Å². The van der Waals surface area contributed by atoms with E-state index in [-0.39, 0.29) is 25.6 Å². The minimum atomic E-state index is -4.52. The molecule has 0 heterocycles. The summed E-state index contributed by atoms with van der Waals surface area (Å²) in [5.41, 5.74) is 0. The Morgan fingerprint density at radius 3 is 1.41 bits per heavy atom. The lowest BCUT2D eigenvalue weighted by Gasteiger charge is -2.20. The van der Waals surface area contributed by atoms with Gasteiger partial charge in [-0.05, 0) is 70.6 Å². The van der Waals surface area contributed by atoms with Crippen LogP contribution in [0.4, 0.5) is 0 Å². The Labute approximate surface area is 362 Å². The zero-order chi connectivity index (χ0) is 43.2. The van der Waals surface area contributed by atoms with Crippen molar-refractivity contribution in [2.24, 2.45) is 0 Å². The van der Waals surface area contributed by atoms with E-state index in [0.29, 0.717) is 6.61 Å². The fourth-order valence-corrected chi connectivity index (χ4v) is 7.31. The van der Waals surface area contributed by atoms with Crippen LogP contribution in [0.15, 0.2) is 48.6 Å². The van der Waals surface area contributed by atoms with Gasteiger partial charge in [0.25, 0.3) is 0 Å². The van der Waals surface area contributed by atoms with E-state index in [9.17, 15) is 19.4 Å². The van der Waals surface area contributed by atoms with Gasteiger partial charge in [-0.15, -0.1) is 0 Å². The lowest BCUT2D eigenvalue weighted by molar-refractivity contribution is -0.154. The minimum Gasteiger partial charge on any atom is -0.457 e. The molecule has 3 N–H and O–H groups in total. The van der Waals surface area contributed by atoms with Crippen molar-refractivity contribution < 1.29 is 43.0 Å². The summed E-state index contributed by atoms with van der Waals surface area (Å²) in [7, 11) is -4.52. The number of unbranched alkanes of at least 4 members (excludes halogenated alkanes) is 24. The van der Waals surface area contributed by atoms with E-state index in [1.807, 2.05) is 0 Å². The van der Waals surface area contributed by atoms with Crippen LogP contribution in [-0.4, -0.2) is 66.3 Å². The maximum absolute atomic E-state index is 12.7. The molecule has 9 nitrogen and oxygen atoms in total. The van der Waals surface area contributed by atoms with Gasteiger partial charge >= 0.3 is 13.8 Å². The van der Waals surface area contributed by atoms with Gasteiger partial charge in [0.05, 0.1) is 26.4 Å². The van der Waals surface area contributed by atoms with Crippen molar-refractivity contribution in [3.8, 4) is 0 Å². The van der Waals surface area contributed by atoms with Gasteiger partial charge in [0, 0.05) is 13.0 Å². The number of phosphoric ester groups is 1. The van der Waals surface area contributed by atoms with Crippen molar-refractivity contribution in [2.75, 3.05) is 33.0 Å². The van der Waals surface area contributed by atoms with Crippen molar-refractivity contribution >= 4 is 13.8 Å². The first-order chi connectivity index (χ1) is 28.8. The van der Waals surface area contributed by atoms with Gasteiger partial charge in [0.2, 0.25) is 0 Å². The second-order valence-electron chi connectivity index (χ2n) is 16.1. The van der Waals surface area contributed by atoms with Crippen molar-refractivity contribution in [3.05, 3.63) is 48.6 Å². The lowest BCUT2D eigenvalue weighted by Crippen LogP contribution is -2.29. The summed E-state index contributed by atoms with van der Waals surface area (Å²) in [5.74, 6) is -0.388. The monoisotopic (exact) mass is 855 g/mol. The van der Waals surface area contributed by atoms with Crippen LogP contribution in [0.2, 0.25) is 0 Å². The molecule has 0 amide bonds. The highest BCUT2D eigenvalue weighted by Gasteiger charge is 2.26. The Kier molecular flexibility index (Phi) is 44.7. The minimum absolute atomic E-state index is 0.0411. The van der Waals surface area contributed by atoms with E-state index in [1.54, 1.807) is 0 Å². The molecule has 0 rings (SSSR count). The summed E-state index contributed by atoms with van der Waals surface area (Å²) in [6.45, 7) is 3.46. The average molecular weight is 855 g/mol. The lowest BCUT2D eigenvalue weighted by atomic mass is 10.0. The van der Waals surface area contributed by atoms with Crippen LogP contribution in [0.5, 0.6) is 0 Å². The summed E-state index contributed by atoms with van der Waals surface area (Å²) < 4.78 is 33.4. The van der Waals surface area contributed by atoms with Gasteiger partial charge in [-0.25, -0.2) is 4.57 Å². The second kappa shape index (κ2) is 45.9. The van der Waals surface area contributed by atoms with Crippen LogP contribution in [0, 0.1) is 0 Å². The highest BCUT2D eigenvalue weighted by molar-refractivity contribution is 7.47. The molecule has 59 heavy (non-hydrogen) atoms. The second-order valence-corrected chi connectivity index (χ2v) is 17.6. The molecule has 0 spiro atoms. The third-order valence-electron chi connectivity index (χ3n) is 10.2. The molecule has 0 aromatic carbocycles. The number of ether oxygens (including phenoxy) is 2. The van der Waals surface area contributed by atoms with Gasteiger partial charge < -0.3 is 24.6 Å². The Balaban J connectivity index is 4.09. The third kappa shape index (κ3) is 45.8. The molecule has 0 fully saturated rings. The molecule has 0 aliphatic carbocycles. The summed E-state index contributed by atoms with van der Waals surface area (Å²) in [6.07, 6.45) is 52.1. The largest absolute Gasteiger partial charge is 0.472 e. The number of hydrogen-bond acceptors (Lipinski definition) is 8. The standard InChI is InChI=1S/C49H91O9P/c1-3-5-7-9-11-13-15-17-19-20-21-22-23-24-25-26-27-29-31-33-35-37-39-41-49(52)58-48(46-57-59(53,54)56-44-47(51)43-50)45-55-42-40-38-36-34-32-30-28-18-16-14-12-10-8-6-4-2/h10,12,15-18,20-21,47-48,50-51H,3-9,11,13-14,19,22-46H2,1-2H3,(H,53,54)/b12-10-,17-15-,18-16-,21-20-.